The van der Waals surface area contributed by atoms with E-state index in [0.29, 0.717) is 0 Å². The Kier molecular flexibility index (Phi) is 6.10. The average molecular weight is 230 g/mol. The average Bonchev–Trinajstić information content (AvgIpc) is 2.53. The van der Waals surface area contributed by atoms with Gasteiger partial charge in [-0.1, -0.05) is 19.8 Å². The van der Waals surface area contributed by atoms with E-state index in [1.54, 1.807) is 0 Å². The van der Waals surface area contributed by atoms with Crippen molar-refractivity contribution in [1.82, 2.24) is 4.90 Å². The van der Waals surface area contributed by atoms with Crippen LogP contribution in [0.5, 0.6) is 0 Å². The van der Waals surface area contributed by atoms with Gasteiger partial charge in [-0.15, -0.1) is 0 Å². The largest absolute Gasteiger partial charge is 0.340 e. The molecule has 0 radical (unpaired) electrons. The zero-order valence-corrected chi connectivity index (χ0v) is 10.4. The Bertz CT molecular complexity index is 191. The third-order valence-electron chi connectivity index (χ3n) is 2.72. The molecule has 1 aliphatic rings. The van der Waals surface area contributed by atoms with Gasteiger partial charge < -0.3 is 10.6 Å². The normalized spacial score (nSPS) is 19.7. The van der Waals surface area contributed by atoms with Crippen LogP contribution in [-0.2, 0) is 4.79 Å². The maximum Gasteiger partial charge on any atom is 0.239 e. The number of hydrogen-bond acceptors (Lipinski definition) is 3. The monoisotopic (exact) mass is 230 g/mol. The highest BCUT2D eigenvalue weighted by Crippen LogP contribution is 2.11. The van der Waals surface area contributed by atoms with Crippen LogP contribution < -0.4 is 5.73 Å². The molecule has 0 saturated carbocycles. The van der Waals surface area contributed by atoms with E-state index >= 15 is 0 Å². The van der Waals surface area contributed by atoms with Gasteiger partial charge in [-0.25, -0.2) is 0 Å². The second kappa shape index (κ2) is 7.12. The third-order valence-corrected chi connectivity index (χ3v) is 3.77. The van der Waals surface area contributed by atoms with Crippen LogP contribution >= 0.6 is 11.8 Å². The minimum Gasteiger partial charge on any atom is -0.340 e. The van der Waals surface area contributed by atoms with E-state index in [0.717, 1.165) is 44.5 Å². The van der Waals surface area contributed by atoms with Crippen LogP contribution in [0.15, 0.2) is 0 Å². The summed E-state index contributed by atoms with van der Waals surface area (Å²) in [6, 6.07) is -0.270. The fourth-order valence-corrected chi connectivity index (χ4v) is 2.64. The van der Waals surface area contributed by atoms with Crippen molar-refractivity contribution >= 4 is 17.7 Å². The van der Waals surface area contributed by atoms with Crippen molar-refractivity contribution in [1.29, 1.82) is 0 Å². The van der Waals surface area contributed by atoms with Gasteiger partial charge >= 0.3 is 0 Å². The van der Waals surface area contributed by atoms with E-state index < -0.39 is 0 Å². The Morgan fingerprint density at radius 1 is 1.47 bits per heavy atom. The molecule has 1 saturated heterocycles. The van der Waals surface area contributed by atoms with E-state index in [1.807, 2.05) is 16.7 Å². The summed E-state index contributed by atoms with van der Waals surface area (Å²) in [5.41, 5.74) is 5.89. The Morgan fingerprint density at radius 3 is 3.00 bits per heavy atom. The summed E-state index contributed by atoms with van der Waals surface area (Å²) in [7, 11) is 0. The number of rotatable bonds is 4. The SMILES string of the molecule is CCCC[C@H](N)C(=O)N1CCCSCC1. The number of amides is 1. The fourth-order valence-electron chi connectivity index (χ4n) is 1.75. The van der Waals surface area contributed by atoms with Gasteiger partial charge in [-0.05, 0) is 18.6 Å². The molecule has 3 nitrogen and oxygen atoms in total. The molecule has 4 heteroatoms. The molecular formula is C11H22N2OS. The first-order valence-corrected chi connectivity index (χ1v) is 7.03. The van der Waals surface area contributed by atoms with Crippen molar-refractivity contribution in [3.8, 4) is 0 Å². The van der Waals surface area contributed by atoms with Gasteiger partial charge in [0.25, 0.3) is 0 Å². The maximum atomic E-state index is 11.9. The molecule has 0 aromatic heterocycles. The van der Waals surface area contributed by atoms with Gasteiger partial charge in [0.05, 0.1) is 6.04 Å². The quantitative estimate of drug-likeness (QED) is 0.795. The molecule has 1 atom stereocenters. The minimum atomic E-state index is -0.270. The van der Waals surface area contributed by atoms with E-state index in [9.17, 15) is 4.79 Å². The Hall–Kier alpha value is -0.220. The number of hydrogen-bond donors (Lipinski definition) is 1. The molecule has 0 spiro atoms. The molecule has 1 heterocycles. The van der Waals surface area contributed by atoms with Crippen LogP contribution in [0.25, 0.3) is 0 Å². The minimum absolute atomic E-state index is 0.158. The summed E-state index contributed by atoms with van der Waals surface area (Å²) in [4.78, 5) is 13.9. The van der Waals surface area contributed by atoms with E-state index in [-0.39, 0.29) is 11.9 Å². The van der Waals surface area contributed by atoms with Crippen LogP contribution in [0, 0.1) is 0 Å². The lowest BCUT2D eigenvalue weighted by Gasteiger charge is -2.23. The molecule has 0 aromatic rings. The number of nitrogens with two attached hydrogens (primary N) is 1. The van der Waals surface area contributed by atoms with Gasteiger partial charge in [0.2, 0.25) is 5.91 Å². The van der Waals surface area contributed by atoms with Gasteiger partial charge in [0.15, 0.2) is 0 Å². The van der Waals surface area contributed by atoms with Crippen molar-refractivity contribution in [2.24, 2.45) is 5.73 Å². The van der Waals surface area contributed by atoms with Crippen LogP contribution in [-0.4, -0.2) is 41.4 Å². The molecule has 88 valence electrons. The number of nitrogens with zero attached hydrogens (tertiary/aromatic N) is 1. The predicted octanol–water partition coefficient (Wildman–Crippen LogP) is 1.47. The summed E-state index contributed by atoms with van der Waals surface area (Å²) >= 11 is 1.93. The standard InChI is InChI=1S/C11H22N2OS/c1-2-3-5-10(12)11(14)13-6-4-8-15-9-7-13/h10H,2-9,12H2,1H3/t10-/m0/s1. The fraction of sp³-hybridized carbons (Fsp3) is 0.909. The molecular weight excluding hydrogens is 208 g/mol. The highest BCUT2D eigenvalue weighted by Gasteiger charge is 2.21. The van der Waals surface area contributed by atoms with Crippen LogP contribution in [0.2, 0.25) is 0 Å². The highest BCUT2D eigenvalue weighted by molar-refractivity contribution is 7.99. The number of carbonyl (C=O) groups excluding carboxylic acids is 1. The first kappa shape index (κ1) is 12.8. The van der Waals surface area contributed by atoms with E-state index in [4.69, 9.17) is 5.73 Å². The summed E-state index contributed by atoms with van der Waals surface area (Å²) in [5.74, 6) is 2.39. The second-order valence-electron chi connectivity index (χ2n) is 4.04. The molecule has 1 amide bonds. The van der Waals surface area contributed by atoms with Crippen molar-refractivity contribution in [2.45, 2.75) is 38.6 Å². The van der Waals surface area contributed by atoms with Crippen LogP contribution in [0.4, 0.5) is 0 Å². The zero-order valence-electron chi connectivity index (χ0n) is 9.58. The van der Waals surface area contributed by atoms with E-state index in [1.165, 1.54) is 5.75 Å². The lowest BCUT2D eigenvalue weighted by molar-refractivity contribution is -0.132. The number of carbonyl (C=O) groups is 1. The van der Waals surface area contributed by atoms with Gasteiger partial charge in [0.1, 0.15) is 0 Å². The lowest BCUT2D eigenvalue weighted by atomic mass is 10.1. The van der Waals surface area contributed by atoms with Crippen molar-refractivity contribution in [3.05, 3.63) is 0 Å². The molecule has 1 rings (SSSR count). The first-order valence-electron chi connectivity index (χ1n) is 5.87. The lowest BCUT2D eigenvalue weighted by Crippen LogP contribution is -2.44. The summed E-state index contributed by atoms with van der Waals surface area (Å²) < 4.78 is 0. The maximum absolute atomic E-state index is 11.9. The highest BCUT2D eigenvalue weighted by atomic mass is 32.2. The summed E-state index contributed by atoms with van der Waals surface area (Å²) in [6.45, 7) is 3.90. The van der Waals surface area contributed by atoms with Crippen molar-refractivity contribution < 1.29 is 4.79 Å². The topological polar surface area (TPSA) is 46.3 Å². The summed E-state index contributed by atoms with van der Waals surface area (Å²) in [6.07, 6.45) is 4.10. The third kappa shape index (κ3) is 4.43. The van der Waals surface area contributed by atoms with Gasteiger partial charge in [-0.2, -0.15) is 11.8 Å². The molecule has 0 bridgehead atoms. The van der Waals surface area contributed by atoms with Crippen molar-refractivity contribution in [3.63, 3.8) is 0 Å². The molecule has 0 unspecified atom stereocenters. The van der Waals surface area contributed by atoms with Crippen molar-refractivity contribution in [2.75, 3.05) is 24.6 Å². The first-order chi connectivity index (χ1) is 7.25. The Balaban J connectivity index is 2.35. The van der Waals surface area contributed by atoms with Gasteiger partial charge in [-0.3, -0.25) is 4.79 Å². The Morgan fingerprint density at radius 2 is 2.27 bits per heavy atom. The molecule has 1 aliphatic heterocycles. The molecule has 1 fully saturated rings. The zero-order chi connectivity index (χ0) is 11.1. The van der Waals surface area contributed by atoms with E-state index in [2.05, 4.69) is 6.92 Å². The van der Waals surface area contributed by atoms with Gasteiger partial charge in [0, 0.05) is 18.8 Å². The van der Waals surface area contributed by atoms with Crippen LogP contribution in [0.3, 0.4) is 0 Å². The summed E-state index contributed by atoms with van der Waals surface area (Å²) in [5, 5.41) is 0. The molecule has 15 heavy (non-hydrogen) atoms. The predicted molar refractivity (Wildman–Crippen MR) is 66.0 cm³/mol. The molecule has 0 aromatic carbocycles. The second-order valence-corrected chi connectivity index (χ2v) is 5.26. The molecule has 0 aliphatic carbocycles. The van der Waals surface area contributed by atoms with Crippen LogP contribution in [0.1, 0.15) is 32.6 Å². The smallest absolute Gasteiger partial charge is 0.239 e. The number of unbranched alkanes of at least 4 members (excludes halogenated alkanes) is 1. The number of thioether (sulfide) groups is 1. The Labute approximate surface area is 96.8 Å². The molecule has 2 N–H and O–H groups in total.